The molecule has 6 nitrogen and oxygen atoms in total. The molecule has 3 rings (SSSR count). The Morgan fingerprint density at radius 1 is 1.09 bits per heavy atom. The lowest BCUT2D eigenvalue weighted by molar-refractivity contribution is -0.140. The molecule has 1 fully saturated rings. The van der Waals surface area contributed by atoms with Gasteiger partial charge in [-0.25, -0.2) is 4.39 Å². The minimum absolute atomic E-state index is 0.0259. The number of carbonyl (C=O) groups excluding carboxylic acids is 2. The van der Waals surface area contributed by atoms with Crippen LogP contribution in [0.3, 0.4) is 0 Å². The average molecular weight is 455 g/mol. The molecule has 1 amide bonds. The number of nitrogens with zero attached hydrogens (tertiary/aromatic N) is 2. The van der Waals surface area contributed by atoms with E-state index in [-0.39, 0.29) is 16.9 Å². The summed E-state index contributed by atoms with van der Waals surface area (Å²) < 4.78 is 19.3. The molecule has 176 valence electrons. The predicted octanol–water partition coefficient (Wildman–Crippen LogP) is 4.16. The van der Waals surface area contributed by atoms with Gasteiger partial charge in [-0.05, 0) is 48.8 Å². The largest absolute Gasteiger partial charge is 0.507 e. The molecule has 0 aromatic heterocycles. The van der Waals surface area contributed by atoms with Crippen LogP contribution in [-0.2, 0) is 16.0 Å². The molecule has 2 aromatic rings. The normalized spacial score (nSPS) is 17.8. The number of aliphatic hydroxyl groups excluding tert-OH is 1. The van der Waals surface area contributed by atoms with Crippen LogP contribution in [0.1, 0.15) is 43.5 Å². The minimum Gasteiger partial charge on any atom is -0.507 e. The molecule has 0 spiro atoms. The lowest BCUT2D eigenvalue weighted by Gasteiger charge is -2.28. The fourth-order valence-electron chi connectivity index (χ4n) is 4.15. The Kier molecular flexibility index (Phi) is 7.87. The molecule has 1 saturated heterocycles. The molecule has 33 heavy (non-hydrogen) atoms. The molecule has 2 aromatic carbocycles. The smallest absolute Gasteiger partial charge is 0.295 e. The van der Waals surface area contributed by atoms with E-state index in [1.165, 1.54) is 24.1 Å². The van der Waals surface area contributed by atoms with Crippen LogP contribution in [0, 0.1) is 5.82 Å². The second-order valence-corrected chi connectivity index (χ2v) is 7.96. The van der Waals surface area contributed by atoms with E-state index in [9.17, 15) is 19.1 Å². The average Bonchev–Trinajstić information content (AvgIpc) is 3.09. The van der Waals surface area contributed by atoms with Gasteiger partial charge < -0.3 is 19.6 Å². The lowest BCUT2D eigenvalue weighted by atomic mass is 9.94. The first-order chi connectivity index (χ1) is 15.9. The molecular weight excluding hydrogens is 423 g/mol. The summed E-state index contributed by atoms with van der Waals surface area (Å²) in [5, 5.41) is 11.1. The maximum absolute atomic E-state index is 14.3. The summed E-state index contributed by atoms with van der Waals surface area (Å²) in [6, 6.07) is 10.9. The zero-order chi connectivity index (χ0) is 24.1. The monoisotopic (exact) mass is 454 g/mol. The zero-order valence-electron chi connectivity index (χ0n) is 19.6. The summed E-state index contributed by atoms with van der Waals surface area (Å²) in [4.78, 5) is 29.8. The van der Waals surface area contributed by atoms with E-state index in [1.54, 1.807) is 0 Å². The highest BCUT2D eigenvalue weighted by atomic mass is 19.1. The van der Waals surface area contributed by atoms with Crippen LogP contribution in [0.25, 0.3) is 5.76 Å². The van der Waals surface area contributed by atoms with Gasteiger partial charge in [-0.15, -0.1) is 0 Å². The Bertz CT molecular complexity index is 1040. The summed E-state index contributed by atoms with van der Waals surface area (Å²) in [5.41, 5.74) is 1.93. The zero-order valence-corrected chi connectivity index (χ0v) is 19.6. The summed E-state index contributed by atoms with van der Waals surface area (Å²) >= 11 is 0. The van der Waals surface area contributed by atoms with Crippen LogP contribution in [-0.4, -0.2) is 59.9 Å². The van der Waals surface area contributed by atoms with Crippen molar-refractivity contribution in [1.29, 1.82) is 0 Å². The van der Waals surface area contributed by atoms with Gasteiger partial charge in [0.1, 0.15) is 5.76 Å². The molecule has 0 unspecified atom stereocenters. The molecule has 1 aliphatic heterocycles. The third kappa shape index (κ3) is 4.93. The van der Waals surface area contributed by atoms with E-state index in [4.69, 9.17) is 4.74 Å². The highest BCUT2D eigenvalue weighted by molar-refractivity contribution is 6.46. The highest BCUT2D eigenvalue weighted by Crippen LogP contribution is 2.39. The van der Waals surface area contributed by atoms with Crippen molar-refractivity contribution in [1.82, 2.24) is 9.80 Å². The van der Waals surface area contributed by atoms with Crippen molar-refractivity contribution < 1.29 is 23.8 Å². The van der Waals surface area contributed by atoms with Crippen molar-refractivity contribution in [2.75, 3.05) is 33.3 Å². The van der Waals surface area contributed by atoms with Gasteiger partial charge in [-0.3, -0.25) is 9.59 Å². The third-order valence-electron chi connectivity index (χ3n) is 6.22. The van der Waals surface area contributed by atoms with Crippen molar-refractivity contribution >= 4 is 17.4 Å². The Hall–Kier alpha value is -3.19. The molecule has 1 heterocycles. The second kappa shape index (κ2) is 10.6. The number of likely N-dealkylation sites (tertiary alicyclic amines) is 1. The fourth-order valence-corrected chi connectivity index (χ4v) is 4.15. The highest BCUT2D eigenvalue weighted by Gasteiger charge is 2.46. The first-order valence-corrected chi connectivity index (χ1v) is 11.3. The van der Waals surface area contributed by atoms with Gasteiger partial charge in [0.15, 0.2) is 11.6 Å². The van der Waals surface area contributed by atoms with Crippen LogP contribution in [0.4, 0.5) is 4.39 Å². The van der Waals surface area contributed by atoms with Crippen LogP contribution < -0.4 is 4.74 Å². The molecule has 1 aliphatic rings. The second-order valence-electron chi connectivity index (χ2n) is 7.96. The molecule has 0 saturated carbocycles. The summed E-state index contributed by atoms with van der Waals surface area (Å²) in [7, 11) is 1.35. The number of aryl methyl sites for hydroxylation is 1. The Labute approximate surface area is 194 Å². The Balaban J connectivity index is 2.10. The van der Waals surface area contributed by atoms with Gasteiger partial charge in [0.2, 0.25) is 0 Å². The van der Waals surface area contributed by atoms with E-state index in [0.717, 1.165) is 36.7 Å². The Morgan fingerprint density at radius 3 is 2.30 bits per heavy atom. The van der Waals surface area contributed by atoms with Crippen molar-refractivity contribution in [2.24, 2.45) is 0 Å². The Morgan fingerprint density at radius 2 is 1.76 bits per heavy atom. The first kappa shape index (κ1) is 24.5. The van der Waals surface area contributed by atoms with E-state index in [1.807, 2.05) is 45.0 Å². The van der Waals surface area contributed by atoms with Crippen LogP contribution >= 0.6 is 0 Å². The SMILES string of the molecule is CCc1ccc([C@H]2C(=C(O)c3ccc(OC)c(F)c3)C(=O)C(=O)N2CCN(CC)CC)cc1. The summed E-state index contributed by atoms with van der Waals surface area (Å²) in [5.74, 6) is -2.47. The summed E-state index contributed by atoms with van der Waals surface area (Å²) in [6.45, 7) is 8.70. The topological polar surface area (TPSA) is 70.1 Å². The number of hydrogen-bond donors (Lipinski definition) is 1. The number of Topliss-reactive ketones (excluding diaryl/α,β-unsaturated/α-hetero) is 1. The fraction of sp³-hybridized carbons (Fsp3) is 0.385. The van der Waals surface area contributed by atoms with Crippen molar-refractivity contribution in [3.63, 3.8) is 0 Å². The van der Waals surface area contributed by atoms with Crippen LogP contribution in [0.2, 0.25) is 0 Å². The molecule has 0 aliphatic carbocycles. The number of ketones is 1. The number of likely N-dealkylation sites (N-methyl/N-ethyl adjacent to an activating group) is 1. The molecule has 1 N–H and O–H groups in total. The quantitative estimate of drug-likeness (QED) is 0.350. The van der Waals surface area contributed by atoms with E-state index >= 15 is 0 Å². The molecule has 7 heteroatoms. The maximum atomic E-state index is 14.3. The number of aliphatic hydroxyl groups is 1. The van der Waals surface area contributed by atoms with Crippen molar-refractivity contribution in [3.8, 4) is 5.75 Å². The number of methoxy groups -OCH3 is 1. The molecular formula is C26H31FN2O4. The third-order valence-corrected chi connectivity index (χ3v) is 6.22. The summed E-state index contributed by atoms with van der Waals surface area (Å²) in [6.07, 6.45) is 0.855. The minimum atomic E-state index is -0.771. The number of rotatable bonds is 9. The first-order valence-electron chi connectivity index (χ1n) is 11.3. The van der Waals surface area contributed by atoms with Gasteiger partial charge in [0.05, 0.1) is 18.7 Å². The van der Waals surface area contributed by atoms with Gasteiger partial charge in [0, 0.05) is 18.7 Å². The van der Waals surface area contributed by atoms with E-state index in [2.05, 4.69) is 4.90 Å². The van der Waals surface area contributed by atoms with Crippen LogP contribution in [0.15, 0.2) is 48.0 Å². The van der Waals surface area contributed by atoms with Crippen LogP contribution in [0.5, 0.6) is 5.75 Å². The number of benzene rings is 2. The number of hydrogen-bond acceptors (Lipinski definition) is 5. The van der Waals surface area contributed by atoms with Gasteiger partial charge in [0.25, 0.3) is 11.7 Å². The number of halogens is 1. The van der Waals surface area contributed by atoms with Crippen molar-refractivity contribution in [2.45, 2.75) is 33.2 Å². The number of carbonyl (C=O) groups is 2. The number of amides is 1. The standard InChI is InChI=1S/C26H31FN2O4/c1-5-17-8-10-18(11-9-17)23-22(24(30)19-12-13-21(33-4)20(27)16-19)25(31)26(32)29(23)15-14-28(6-2)7-3/h8-13,16,23,30H,5-7,14-15H2,1-4H3/t23-/m0/s1. The van der Waals surface area contributed by atoms with Gasteiger partial charge in [-0.2, -0.15) is 0 Å². The van der Waals surface area contributed by atoms with E-state index in [0.29, 0.717) is 13.1 Å². The lowest BCUT2D eigenvalue weighted by Crippen LogP contribution is -2.38. The van der Waals surface area contributed by atoms with Gasteiger partial charge >= 0.3 is 0 Å². The molecule has 0 radical (unpaired) electrons. The maximum Gasteiger partial charge on any atom is 0.295 e. The molecule has 0 bridgehead atoms. The van der Waals surface area contributed by atoms with E-state index < -0.39 is 29.3 Å². The van der Waals surface area contributed by atoms with Gasteiger partial charge in [-0.1, -0.05) is 45.0 Å². The predicted molar refractivity (Wildman–Crippen MR) is 126 cm³/mol. The van der Waals surface area contributed by atoms with Crippen molar-refractivity contribution in [3.05, 3.63) is 70.5 Å². The molecule has 1 atom stereocenters. The number of ether oxygens (including phenoxy) is 1.